The maximum absolute atomic E-state index is 2.37. The third kappa shape index (κ3) is 2.19. The Labute approximate surface area is 149 Å². The Bertz CT molecular complexity index is 953. The SMILES string of the molecule is Cc1[c]([Hg][c]2c(C)n(C)c3ccccc23)c2ccccc2n1C. The molecule has 0 radical (unpaired) electrons. The Kier molecular flexibility index (Phi) is 3.60. The molecule has 0 unspecified atom stereocenters. The van der Waals surface area contributed by atoms with E-state index >= 15 is 0 Å². The molecule has 23 heavy (non-hydrogen) atoms. The van der Waals surface area contributed by atoms with Gasteiger partial charge >= 0.3 is 150 Å². The van der Waals surface area contributed by atoms with Crippen LogP contribution in [0.15, 0.2) is 48.5 Å². The average Bonchev–Trinajstić information content (AvgIpc) is 2.97. The van der Waals surface area contributed by atoms with Gasteiger partial charge in [-0.1, -0.05) is 0 Å². The molecular weight excluding hydrogens is 469 g/mol. The first-order chi connectivity index (χ1) is 11.1. The third-order valence-corrected chi connectivity index (χ3v) is 15.1. The molecule has 0 fully saturated rings. The molecule has 0 saturated carbocycles. The number of rotatable bonds is 2. The van der Waals surface area contributed by atoms with Crippen LogP contribution in [0.4, 0.5) is 0 Å². The maximum atomic E-state index is 2.37. The van der Waals surface area contributed by atoms with Crippen LogP contribution < -0.4 is 6.14 Å². The molecule has 0 atom stereocenters. The molecule has 0 N–H and O–H groups in total. The Hall–Kier alpha value is -1.54. The summed E-state index contributed by atoms with van der Waals surface area (Å²) < 4.78 is 8.07. The predicted molar refractivity (Wildman–Crippen MR) is 94.6 cm³/mol. The van der Waals surface area contributed by atoms with Gasteiger partial charge in [0.15, 0.2) is 0 Å². The molecular formula is C20H20HgN2. The second kappa shape index (κ2) is 5.52. The van der Waals surface area contributed by atoms with Crippen molar-refractivity contribution in [3.8, 4) is 0 Å². The number of fused-ring (bicyclic) bond motifs is 2. The van der Waals surface area contributed by atoms with E-state index in [0.717, 1.165) is 0 Å². The fraction of sp³-hybridized carbons (Fsp3) is 0.200. The molecule has 0 spiro atoms. The fourth-order valence-corrected chi connectivity index (χ4v) is 12.8. The number of hydrogen-bond acceptors (Lipinski definition) is 0. The van der Waals surface area contributed by atoms with E-state index in [2.05, 4.69) is 85.6 Å². The van der Waals surface area contributed by atoms with Crippen LogP contribution in [0.3, 0.4) is 0 Å². The Morgan fingerprint density at radius 3 is 1.48 bits per heavy atom. The van der Waals surface area contributed by atoms with Crippen molar-refractivity contribution in [2.24, 2.45) is 14.1 Å². The van der Waals surface area contributed by atoms with Crippen molar-refractivity contribution in [3.05, 3.63) is 59.9 Å². The van der Waals surface area contributed by atoms with E-state index in [1.807, 2.05) is 0 Å². The first-order valence-corrected chi connectivity index (χ1v) is 13.6. The van der Waals surface area contributed by atoms with E-state index < -0.39 is 24.6 Å². The summed E-state index contributed by atoms with van der Waals surface area (Å²) >= 11 is -1.45. The summed E-state index contributed by atoms with van der Waals surface area (Å²) in [6, 6.07) is 17.7. The van der Waals surface area contributed by atoms with Crippen LogP contribution in [0.1, 0.15) is 11.4 Å². The molecule has 0 aliphatic carbocycles. The number of nitrogens with zero attached hydrogens (tertiary/aromatic N) is 2. The quantitative estimate of drug-likeness (QED) is 0.383. The molecule has 0 bridgehead atoms. The first-order valence-electron chi connectivity index (χ1n) is 8.15. The summed E-state index contributed by atoms with van der Waals surface area (Å²) in [5.74, 6) is 0. The summed E-state index contributed by atoms with van der Waals surface area (Å²) in [4.78, 5) is 0. The molecule has 2 aromatic heterocycles. The second-order valence-electron chi connectivity index (χ2n) is 6.46. The van der Waals surface area contributed by atoms with Crippen LogP contribution in [0.25, 0.3) is 21.8 Å². The number of para-hydroxylation sites is 2. The van der Waals surface area contributed by atoms with E-state index in [1.54, 1.807) is 6.14 Å². The van der Waals surface area contributed by atoms with Crippen LogP contribution in [-0.2, 0) is 38.7 Å². The predicted octanol–water partition coefficient (Wildman–Crippen LogP) is 3.32. The van der Waals surface area contributed by atoms with E-state index in [4.69, 9.17) is 0 Å². The Morgan fingerprint density at radius 2 is 1.04 bits per heavy atom. The standard InChI is InChI=1S/2C10H10N.Hg/c2*1-8-7-9-5-3-4-6-10(9)11(8)2;/h2*3-6H,1-2H3;. The van der Waals surface area contributed by atoms with Gasteiger partial charge < -0.3 is 0 Å². The molecule has 112 valence electrons. The Morgan fingerprint density at radius 1 is 0.652 bits per heavy atom. The number of aromatic nitrogens is 2. The first kappa shape index (κ1) is 15.0. The summed E-state index contributed by atoms with van der Waals surface area (Å²) in [6.45, 7) is 4.57. The van der Waals surface area contributed by atoms with Crippen LogP contribution in [0, 0.1) is 13.8 Å². The van der Waals surface area contributed by atoms with Gasteiger partial charge in [-0.15, -0.1) is 0 Å². The van der Waals surface area contributed by atoms with Crippen molar-refractivity contribution in [2.75, 3.05) is 0 Å². The summed E-state index contributed by atoms with van der Waals surface area (Å²) in [5.41, 5.74) is 5.66. The fourth-order valence-electron chi connectivity index (χ4n) is 3.82. The van der Waals surface area contributed by atoms with Crippen LogP contribution in [-0.4, -0.2) is 9.13 Å². The van der Waals surface area contributed by atoms with Gasteiger partial charge in [0.2, 0.25) is 0 Å². The van der Waals surface area contributed by atoms with Gasteiger partial charge in [-0.25, -0.2) is 0 Å². The van der Waals surface area contributed by atoms with Crippen molar-refractivity contribution >= 4 is 28.0 Å². The number of hydrogen-bond donors (Lipinski definition) is 0. The number of benzene rings is 2. The molecule has 4 rings (SSSR count). The molecule has 4 aromatic rings. The zero-order valence-corrected chi connectivity index (χ0v) is 19.7. The molecule has 2 heterocycles. The van der Waals surface area contributed by atoms with Crippen LogP contribution >= 0.6 is 0 Å². The second-order valence-corrected chi connectivity index (χ2v) is 13.3. The monoisotopic (exact) mass is 490 g/mol. The molecule has 3 heteroatoms. The molecule has 0 saturated heterocycles. The van der Waals surface area contributed by atoms with Crippen LogP contribution in [0.5, 0.6) is 0 Å². The van der Waals surface area contributed by atoms with Gasteiger partial charge in [0, 0.05) is 0 Å². The van der Waals surface area contributed by atoms with E-state index in [9.17, 15) is 0 Å². The topological polar surface area (TPSA) is 9.86 Å². The molecule has 2 aromatic carbocycles. The number of aryl methyl sites for hydroxylation is 2. The van der Waals surface area contributed by atoms with Gasteiger partial charge in [-0.05, 0) is 0 Å². The normalized spacial score (nSPS) is 11.3. The summed E-state index contributed by atoms with van der Waals surface area (Å²) in [6.07, 6.45) is 0. The molecule has 0 amide bonds. The van der Waals surface area contributed by atoms with Crippen molar-refractivity contribution in [3.63, 3.8) is 0 Å². The van der Waals surface area contributed by atoms with E-state index in [0.29, 0.717) is 0 Å². The zero-order valence-electron chi connectivity index (χ0n) is 14.2. The van der Waals surface area contributed by atoms with E-state index in [1.165, 1.54) is 33.2 Å². The van der Waals surface area contributed by atoms with Crippen LogP contribution in [0.2, 0.25) is 0 Å². The molecule has 0 aliphatic rings. The molecule has 2 nitrogen and oxygen atoms in total. The summed E-state index contributed by atoms with van der Waals surface area (Å²) in [5, 5.41) is 2.95. The van der Waals surface area contributed by atoms with Crippen molar-refractivity contribution in [1.82, 2.24) is 9.13 Å². The summed E-state index contributed by atoms with van der Waals surface area (Å²) in [7, 11) is 4.40. The van der Waals surface area contributed by atoms with Gasteiger partial charge in [0.25, 0.3) is 0 Å². The van der Waals surface area contributed by atoms with Crippen molar-refractivity contribution < 1.29 is 24.6 Å². The minimum atomic E-state index is -1.45. The Balaban J connectivity index is 1.96. The van der Waals surface area contributed by atoms with E-state index in [-0.39, 0.29) is 0 Å². The minimum absolute atomic E-state index is 1.37. The van der Waals surface area contributed by atoms with Gasteiger partial charge in [0.05, 0.1) is 0 Å². The van der Waals surface area contributed by atoms with Crippen molar-refractivity contribution in [1.29, 1.82) is 0 Å². The average molecular weight is 489 g/mol. The van der Waals surface area contributed by atoms with Gasteiger partial charge in [0.1, 0.15) is 0 Å². The third-order valence-electron chi connectivity index (χ3n) is 5.41. The van der Waals surface area contributed by atoms with Gasteiger partial charge in [-0.3, -0.25) is 0 Å². The zero-order chi connectivity index (χ0) is 16.1. The van der Waals surface area contributed by atoms with Crippen molar-refractivity contribution in [2.45, 2.75) is 13.8 Å². The van der Waals surface area contributed by atoms with Gasteiger partial charge in [-0.2, -0.15) is 0 Å². The molecule has 0 aliphatic heterocycles.